The fraction of sp³-hybridized carbons (Fsp3) is 1.00. The summed E-state index contributed by atoms with van der Waals surface area (Å²) in [6.45, 7) is 9.20. The molecule has 0 aromatic heterocycles. The Bertz CT molecular complexity index is 247. The van der Waals surface area contributed by atoms with Crippen molar-refractivity contribution in [1.82, 2.24) is 9.13 Å². The molecule has 0 aliphatic carbocycles. The number of hydrogen-bond donors (Lipinski definition) is 0. The van der Waals surface area contributed by atoms with E-state index in [1.54, 1.807) is 0 Å². The van der Waals surface area contributed by atoms with Crippen LogP contribution < -0.4 is 0 Å². The Balaban J connectivity index is 2.08. The van der Waals surface area contributed by atoms with Crippen LogP contribution in [0, 0.1) is 11.8 Å². The van der Waals surface area contributed by atoms with Crippen molar-refractivity contribution in [3.05, 3.63) is 0 Å². The molecule has 0 aromatic rings. The number of nitrogens with zero attached hydrogens (tertiary/aromatic N) is 2. The van der Waals surface area contributed by atoms with E-state index in [9.17, 15) is 0 Å². The third kappa shape index (κ3) is 3.21. The second-order valence-electron chi connectivity index (χ2n) is 6.30. The van der Waals surface area contributed by atoms with E-state index >= 15 is 0 Å². The van der Waals surface area contributed by atoms with Gasteiger partial charge in [-0.3, -0.25) is 9.13 Å². The molecular weight excluding hydrogens is 256 g/mol. The molecule has 19 heavy (non-hydrogen) atoms. The van der Waals surface area contributed by atoms with Gasteiger partial charge in [-0.05, 0) is 63.7 Å². The molecule has 0 spiro atoms. The molecule has 2 fully saturated rings. The second kappa shape index (κ2) is 6.67. The van der Waals surface area contributed by atoms with Crippen molar-refractivity contribution in [2.45, 2.75) is 39.5 Å². The fourth-order valence-electron chi connectivity index (χ4n) is 3.38. The fourth-order valence-corrected chi connectivity index (χ4v) is 6.63. The zero-order valence-corrected chi connectivity index (χ0v) is 14.0. The zero-order valence-electron chi connectivity index (χ0n) is 13.0. The molecule has 2 heterocycles. The van der Waals surface area contributed by atoms with Crippen molar-refractivity contribution in [2.75, 3.05) is 40.4 Å². The molecule has 0 amide bonds. The second-order valence-corrected chi connectivity index (χ2v) is 9.47. The molecule has 2 aliphatic rings. The van der Waals surface area contributed by atoms with Crippen LogP contribution in [0.5, 0.6) is 0 Å². The Morgan fingerprint density at radius 1 is 0.737 bits per heavy atom. The molecule has 5 heteroatoms. The molecule has 2 aliphatic heterocycles. The smallest absolute Gasteiger partial charge is 0.374 e. The molecule has 2 rings (SSSR count). The zero-order chi connectivity index (χ0) is 13.9. The molecule has 0 atom stereocenters. The summed E-state index contributed by atoms with van der Waals surface area (Å²) in [6, 6.07) is 0. The van der Waals surface area contributed by atoms with Gasteiger partial charge >= 0.3 is 8.88 Å². The topological polar surface area (TPSA) is 24.9 Å². The van der Waals surface area contributed by atoms with Gasteiger partial charge in [0.15, 0.2) is 0 Å². The van der Waals surface area contributed by atoms with Crippen LogP contribution in [0.1, 0.15) is 39.5 Å². The van der Waals surface area contributed by atoms with Crippen LogP contribution in [0.2, 0.25) is 0 Å². The molecular formula is C14H30N2O2Si. The first-order valence-corrected chi connectivity index (χ1v) is 9.44. The van der Waals surface area contributed by atoms with Gasteiger partial charge in [-0.2, -0.15) is 0 Å². The van der Waals surface area contributed by atoms with Gasteiger partial charge in [0.1, 0.15) is 0 Å². The average molecular weight is 286 g/mol. The Morgan fingerprint density at radius 3 is 1.32 bits per heavy atom. The summed E-state index contributed by atoms with van der Waals surface area (Å²) in [5, 5.41) is 0. The summed E-state index contributed by atoms with van der Waals surface area (Å²) in [6.07, 6.45) is 5.08. The lowest BCUT2D eigenvalue weighted by Crippen LogP contribution is -2.71. The minimum atomic E-state index is -2.33. The quantitative estimate of drug-likeness (QED) is 0.740. The summed E-state index contributed by atoms with van der Waals surface area (Å²) >= 11 is 0. The predicted molar refractivity (Wildman–Crippen MR) is 79.7 cm³/mol. The minimum Gasteiger partial charge on any atom is -0.374 e. The van der Waals surface area contributed by atoms with Crippen LogP contribution in [0.3, 0.4) is 0 Å². The van der Waals surface area contributed by atoms with Crippen LogP contribution >= 0.6 is 0 Å². The van der Waals surface area contributed by atoms with Gasteiger partial charge in [-0.25, -0.2) is 0 Å². The lowest BCUT2D eigenvalue weighted by molar-refractivity contribution is 0.0655. The summed E-state index contributed by atoms with van der Waals surface area (Å²) in [4.78, 5) is 0. The van der Waals surface area contributed by atoms with E-state index in [0.29, 0.717) is 0 Å². The van der Waals surface area contributed by atoms with Gasteiger partial charge in [0, 0.05) is 14.2 Å². The van der Waals surface area contributed by atoms with Crippen molar-refractivity contribution < 1.29 is 8.85 Å². The van der Waals surface area contributed by atoms with Crippen molar-refractivity contribution in [3.63, 3.8) is 0 Å². The normalized spacial score (nSPS) is 25.9. The standard InChI is InChI=1S/C14H30N2O2Si/c1-13-5-9-15(10-6-13)19(17-3,18-4)16-11-7-14(2)8-12-16/h13-14H,5-12H2,1-4H3. The summed E-state index contributed by atoms with van der Waals surface area (Å²) in [5.74, 6) is 1.69. The molecule has 0 unspecified atom stereocenters. The van der Waals surface area contributed by atoms with Crippen LogP contribution in [-0.4, -0.2) is 58.4 Å². The van der Waals surface area contributed by atoms with E-state index in [0.717, 1.165) is 38.0 Å². The van der Waals surface area contributed by atoms with E-state index in [2.05, 4.69) is 23.0 Å². The van der Waals surface area contributed by atoms with Gasteiger partial charge in [0.05, 0.1) is 0 Å². The molecule has 0 aromatic carbocycles. The van der Waals surface area contributed by atoms with Gasteiger partial charge < -0.3 is 8.85 Å². The van der Waals surface area contributed by atoms with E-state index in [1.165, 1.54) is 25.7 Å². The maximum Gasteiger partial charge on any atom is 0.521 e. The van der Waals surface area contributed by atoms with E-state index < -0.39 is 8.88 Å². The monoisotopic (exact) mass is 286 g/mol. The molecule has 2 saturated heterocycles. The highest BCUT2D eigenvalue weighted by Crippen LogP contribution is 2.28. The maximum absolute atomic E-state index is 6.01. The van der Waals surface area contributed by atoms with Crippen molar-refractivity contribution >= 4 is 8.88 Å². The third-order valence-corrected chi connectivity index (χ3v) is 8.45. The van der Waals surface area contributed by atoms with Crippen molar-refractivity contribution in [1.29, 1.82) is 0 Å². The van der Waals surface area contributed by atoms with Gasteiger partial charge in [-0.15, -0.1) is 0 Å². The molecule has 0 N–H and O–H groups in total. The van der Waals surface area contributed by atoms with Crippen LogP contribution in [-0.2, 0) is 8.85 Å². The average Bonchev–Trinajstić information content (AvgIpc) is 2.44. The number of rotatable bonds is 4. The largest absolute Gasteiger partial charge is 0.521 e. The van der Waals surface area contributed by atoms with Gasteiger partial charge in [0.25, 0.3) is 0 Å². The Kier molecular flexibility index (Phi) is 5.43. The molecule has 4 nitrogen and oxygen atoms in total. The molecule has 0 bridgehead atoms. The van der Waals surface area contributed by atoms with E-state index in [4.69, 9.17) is 8.85 Å². The number of piperidine rings is 2. The summed E-state index contributed by atoms with van der Waals surface area (Å²) in [7, 11) is 1.34. The van der Waals surface area contributed by atoms with E-state index in [1.807, 2.05) is 14.2 Å². The highest BCUT2D eigenvalue weighted by Gasteiger charge is 2.51. The maximum atomic E-state index is 6.01. The molecule has 0 radical (unpaired) electrons. The lowest BCUT2D eigenvalue weighted by atomic mass is 10.0. The summed E-state index contributed by atoms with van der Waals surface area (Å²) in [5.41, 5.74) is 0. The Labute approximate surface area is 119 Å². The summed E-state index contributed by atoms with van der Waals surface area (Å²) < 4.78 is 17.0. The molecule has 112 valence electrons. The minimum absolute atomic E-state index is 0.845. The van der Waals surface area contributed by atoms with Gasteiger partial charge in [0.2, 0.25) is 0 Å². The number of hydrogen-bond acceptors (Lipinski definition) is 4. The molecule has 0 saturated carbocycles. The van der Waals surface area contributed by atoms with E-state index in [-0.39, 0.29) is 0 Å². The Hall–Kier alpha value is 0.0569. The van der Waals surface area contributed by atoms with Crippen LogP contribution in [0.15, 0.2) is 0 Å². The van der Waals surface area contributed by atoms with Crippen LogP contribution in [0.25, 0.3) is 0 Å². The van der Waals surface area contributed by atoms with Crippen LogP contribution in [0.4, 0.5) is 0 Å². The van der Waals surface area contributed by atoms with Crippen molar-refractivity contribution in [2.24, 2.45) is 11.8 Å². The Morgan fingerprint density at radius 2 is 1.05 bits per heavy atom. The highest BCUT2D eigenvalue weighted by molar-refractivity contribution is 6.61. The van der Waals surface area contributed by atoms with Gasteiger partial charge in [-0.1, -0.05) is 13.8 Å². The highest BCUT2D eigenvalue weighted by atomic mass is 28.4. The van der Waals surface area contributed by atoms with Crippen molar-refractivity contribution in [3.8, 4) is 0 Å². The lowest BCUT2D eigenvalue weighted by Gasteiger charge is -2.48. The first-order valence-electron chi connectivity index (χ1n) is 7.72. The SMILES string of the molecule is CO[Si](OC)(N1CCC(C)CC1)N1CCC(C)CC1. The first-order chi connectivity index (χ1) is 9.12. The predicted octanol–water partition coefficient (Wildman–Crippen LogP) is 2.18. The third-order valence-electron chi connectivity index (χ3n) is 4.90. The first kappa shape index (κ1) is 15.4.